The van der Waals surface area contributed by atoms with Gasteiger partial charge in [0, 0.05) is 6.20 Å². The number of carbonyl (C=O) groups is 2. The van der Waals surface area contributed by atoms with Crippen molar-refractivity contribution in [2.24, 2.45) is 10.2 Å². The number of aliphatic hydroxyl groups excluding tert-OH is 1. The fraction of sp³-hybridized carbons (Fsp3) is 0.278. The first-order valence-corrected chi connectivity index (χ1v) is 8.40. The molecule has 1 aliphatic heterocycles. The lowest BCUT2D eigenvalue weighted by Crippen LogP contribution is -2.48. The van der Waals surface area contributed by atoms with Gasteiger partial charge >= 0.3 is 12.1 Å². The van der Waals surface area contributed by atoms with E-state index in [1.165, 1.54) is 24.4 Å². The van der Waals surface area contributed by atoms with E-state index >= 15 is 0 Å². The Labute approximate surface area is 162 Å². The molecule has 0 bridgehead atoms. The van der Waals surface area contributed by atoms with Gasteiger partial charge in [-0.2, -0.15) is 23.4 Å². The number of aromatic nitrogens is 1. The second kappa shape index (κ2) is 7.95. The number of aliphatic carboxylic acids is 1. The zero-order valence-corrected chi connectivity index (χ0v) is 14.7. The molecule has 29 heavy (non-hydrogen) atoms. The molecule has 8 nitrogen and oxygen atoms in total. The molecular formula is C18H15F3N4O4. The Bertz CT molecular complexity index is 978. The maximum Gasteiger partial charge on any atom is 0.416 e. The van der Waals surface area contributed by atoms with Crippen molar-refractivity contribution >= 4 is 17.6 Å². The summed E-state index contributed by atoms with van der Waals surface area (Å²) in [4.78, 5) is 27.7. The number of pyridine rings is 1. The summed E-state index contributed by atoms with van der Waals surface area (Å²) in [5.74, 6) is -2.49. The number of alkyl halides is 3. The quantitative estimate of drug-likeness (QED) is 0.677. The van der Waals surface area contributed by atoms with Crippen molar-refractivity contribution in [3.05, 3.63) is 58.9 Å². The van der Waals surface area contributed by atoms with Crippen LogP contribution in [0, 0.1) is 0 Å². The average molecular weight is 408 g/mol. The molecule has 3 N–H and O–H groups in total. The number of fused-ring (bicyclic) bond motifs is 1. The van der Waals surface area contributed by atoms with Crippen LogP contribution in [0.1, 0.15) is 27.2 Å². The zero-order valence-electron chi connectivity index (χ0n) is 14.7. The first-order valence-electron chi connectivity index (χ1n) is 8.40. The Morgan fingerprint density at radius 1 is 1.24 bits per heavy atom. The number of carbonyl (C=O) groups excluding carboxylic acids is 1. The fourth-order valence-electron chi connectivity index (χ4n) is 2.87. The van der Waals surface area contributed by atoms with Gasteiger partial charge in [0.2, 0.25) is 0 Å². The predicted octanol–water partition coefficient (Wildman–Crippen LogP) is 2.48. The monoisotopic (exact) mass is 408 g/mol. The highest BCUT2D eigenvalue weighted by Gasteiger charge is 2.35. The summed E-state index contributed by atoms with van der Waals surface area (Å²) in [5, 5.41) is 28.9. The number of halogens is 3. The lowest BCUT2D eigenvalue weighted by Gasteiger charge is -2.23. The minimum atomic E-state index is -4.67. The number of azo groups is 1. The Hall–Kier alpha value is -3.34. The summed E-state index contributed by atoms with van der Waals surface area (Å²) in [6.45, 7) is 0.270. The molecule has 2 heterocycles. The van der Waals surface area contributed by atoms with Crippen LogP contribution in [0.2, 0.25) is 0 Å². The first kappa shape index (κ1) is 20.4. The van der Waals surface area contributed by atoms with Gasteiger partial charge in [0.25, 0.3) is 5.91 Å². The number of nitrogens with zero attached hydrogens (tertiary/aromatic N) is 3. The molecule has 3 rings (SSSR count). The van der Waals surface area contributed by atoms with E-state index in [0.717, 1.165) is 12.1 Å². The SMILES string of the molecule is O=C(N[C@H](Cc1ccccc1C(F)(F)F)[C@@H](O)C(=O)O)c1cnc2c(c1)N=NC2. The Kier molecular flexibility index (Phi) is 5.59. The highest BCUT2D eigenvalue weighted by Crippen LogP contribution is 2.32. The summed E-state index contributed by atoms with van der Waals surface area (Å²) < 4.78 is 39.7. The van der Waals surface area contributed by atoms with E-state index in [2.05, 4.69) is 20.5 Å². The molecule has 0 radical (unpaired) electrons. The van der Waals surface area contributed by atoms with Crippen LogP contribution in [-0.2, 0) is 23.9 Å². The van der Waals surface area contributed by atoms with Crippen molar-refractivity contribution in [2.75, 3.05) is 0 Å². The fourth-order valence-corrected chi connectivity index (χ4v) is 2.87. The van der Waals surface area contributed by atoms with Gasteiger partial charge in [-0.15, -0.1) is 0 Å². The first-order chi connectivity index (χ1) is 13.7. The summed E-state index contributed by atoms with van der Waals surface area (Å²) in [7, 11) is 0. The minimum absolute atomic E-state index is 0.0105. The normalized spacial score (nSPS) is 14.9. The third-order valence-corrected chi connectivity index (χ3v) is 4.32. The van der Waals surface area contributed by atoms with Crippen LogP contribution in [-0.4, -0.2) is 39.2 Å². The van der Waals surface area contributed by atoms with Crippen molar-refractivity contribution in [1.29, 1.82) is 0 Å². The van der Waals surface area contributed by atoms with Crippen molar-refractivity contribution in [1.82, 2.24) is 10.3 Å². The average Bonchev–Trinajstić information content (AvgIpc) is 3.14. The van der Waals surface area contributed by atoms with E-state index in [1.807, 2.05) is 0 Å². The topological polar surface area (TPSA) is 124 Å². The number of hydrogen-bond acceptors (Lipinski definition) is 6. The molecule has 0 saturated carbocycles. The predicted molar refractivity (Wildman–Crippen MR) is 92.5 cm³/mol. The molecule has 0 spiro atoms. The van der Waals surface area contributed by atoms with Gasteiger partial charge in [-0.05, 0) is 24.1 Å². The van der Waals surface area contributed by atoms with E-state index < -0.39 is 42.2 Å². The largest absolute Gasteiger partial charge is 0.479 e. The third-order valence-electron chi connectivity index (χ3n) is 4.32. The van der Waals surface area contributed by atoms with Crippen LogP contribution in [0.4, 0.5) is 18.9 Å². The van der Waals surface area contributed by atoms with Gasteiger partial charge in [-0.1, -0.05) is 18.2 Å². The van der Waals surface area contributed by atoms with Crippen LogP contribution >= 0.6 is 0 Å². The number of hydrogen-bond donors (Lipinski definition) is 3. The van der Waals surface area contributed by atoms with Crippen LogP contribution in [0.15, 0.2) is 46.8 Å². The molecular weight excluding hydrogens is 393 g/mol. The zero-order chi connectivity index (χ0) is 21.2. The van der Waals surface area contributed by atoms with E-state index in [-0.39, 0.29) is 17.7 Å². The van der Waals surface area contributed by atoms with Crippen molar-refractivity contribution < 1.29 is 33.0 Å². The Morgan fingerprint density at radius 2 is 1.97 bits per heavy atom. The van der Waals surface area contributed by atoms with E-state index in [4.69, 9.17) is 5.11 Å². The maximum absolute atomic E-state index is 13.2. The highest BCUT2D eigenvalue weighted by molar-refractivity contribution is 5.95. The molecule has 1 aliphatic rings. The third kappa shape index (κ3) is 4.57. The molecule has 11 heteroatoms. The van der Waals surface area contributed by atoms with Gasteiger partial charge in [0.15, 0.2) is 6.10 Å². The summed E-state index contributed by atoms with van der Waals surface area (Å²) in [5.41, 5.74) is -0.294. The van der Waals surface area contributed by atoms with Crippen LogP contribution in [0.25, 0.3) is 0 Å². The number of rotatable bonds is 6. The second-order valence-corrected chi connectivity index (χ2v) is 6.31. The molecule has 152 valence electrons. The number of carboxylic acid groups (broad SMARTS) is 1. The van der Waals surface area contributed by atoms with Crippen LogP contribution < -0.4 is 5.32 Å². The molecule has 1 amide bonds. The van der Waals surface area contributed by atoms with Crippen LogP contribution in [0.3, 0.4) is 0 Å². The van der Waals surface area contributed by atoms with Gasteiger partial charge in [0.1, 0.15) is 12.2 Å². The molecule has 0 fully saturated rings. The van der Waals surface area contributed by atoms with Crippen molar-refractivity contribution in [3.63, 3.8) is 0 Å². The number of carboxylic acids is 1. The van der Waals surface area contributed by atoms with Gasteiger partial charge < -0.3 is 15.5 Å². The maximum atomic E-state index is 13.2. The van der Waals surface area contributed by atoms with Gasteiger partial charge in [0.05, 0.1) is 22.9 Å². The number of nitrogens with one attached hydrogen (secondary N) is 1. The summed E-state index contributed by atoms with van der Waals surface area (Å²) in [6.07, 6.45) is -6.12. The van der Waals surface area contributed by atoms with Crippen molar-refractivity contribution in [2.45, 2.75) is 31.3 Å². The summed E-state index contributed by atoms with van der Waals surface area (Å²) in [6, 6.07) is 4.41. The molecule has 0 aliphatic carbocycles. The van der Waals surface area contributed by atoms with Crippen molar-refractivity contribution in [3.8, 4) is 0 Å². The lowest BCUT2D eigenvalue weighted by molar-refractivity contribution is -0.148. The lowest BCUT2D eigenvalue weighted by atomic mass is 9.96. The molecule has 0 unspecified atom stereocenters. The number of benzene rings is 1. The summed E-state index contributed by atoms with van der Waals surface area (Å²) >= 11 is 0. The Morgan fingerprint density at radius 3 is 2.66 bits per heavy atom. The standard InChI is InChI=1S/C18H15F3N4O4/c19-18(20,21)11-4-2-1-3-9(11)5-13(15(26)17(28)29)24-16(27)10-6-12-14(22-7-10)8-23-25-12/h1-4,6-7,13,15,26H,5,8H2,(H,24,27)(H,28,29)/t13-,15-/m1/s1. The van der Waals surface area contributed by atoms with E-state index in [9.17, 15) is 27.9 Å². The number of amides is 1. The molecule has 1 aromatic heterocycles. The smallest absolute Gasteiger partial charge is 0.416 e. The van der Waals surface area contributed by atoms with Crippen LogP contribution in [0.5, 0.6) is 0 Å². The van der Waals surface area contributed by atoms with E-state index in [1.54, 1.807) is 0 Å². The molecule has 2 atom stereocenters. The Balaban J connectivity index is 1.86. The van der Waals surface area contributed by atoms with E-state index in [0.29, 0.717) is 11.4 Å². The number of aliphatic hydroxyl groups is 1. The molecule has 1 aromatic carbocycles. The van der Waals surface area contributed by atoms with Gasteiger partial charge in [-0.25, -0.2) is 4.79 Å². The van der Waals surface area contributed by atoms with Gasteiger partial charge in [-0.3, -0.25) is 9.78 Å². The highest BCUT2D eigenvalue weighted by atomic mass is 19.4. The second-order valence-electron chi connectivity index (χ2n) is 6.31. The molecule has 2 aromatic rings. The minimum Gasteiger partial charge on any atom is -0.479 e. The molecule has 0 saturated heterocycles.